The molecule has 0 spiro atoms. The highest BCUT2D eigenvalue weighted by atomic mass is 35.5. The van der Waals surface area contributed by atoms with E-state index in [-0.39, 0.29) is 9.92 Å². The van der Waals surface area contributed by atoms with Gasteiger partial charge in [0.2, 0.25) is 15.9 Å². The van der Waals surface area contributed by atoms with Crippen LogP contribution < -0.4 is 4.74 Å². The summed E-state index contributed by atoms with van der Waals surface area (Å²) >= 11 is 6.09. The van der Waals surface area contributed by atoms with Gasteiger partial charge in [-0.25, -0.2) is 13.4 Å². The molecule has 0 amide bonds. The van der Waals surface area contributed by atoms with Crippen LogP contribution in [0.25, 0.3) is 11.1 Å². The van der Waals surface area contributed by atoms with E-state index in [9.17, 15) is 8.42 Å². The maximum absolute atomic E-state index is 12.9. The molecule has 2 heterocycles. The van der Waals surface area contributed by atoms with Gasteiger partial charge in [-0.3, -0.25) is 4.90 Å². The van der Waals surface area contributed by atoms with Gasteiger partial charge in [-0.05, 0) is 30.3 Å². The molecule has 1 aromatic heterocycles. The third-order valence-corrected chi connectivity index (χ3v) is 6.98. The summed E-state index contributed by atoms with van der Waals surface area (Å²) in [6.07, 6.45) is 0. The number of aromatic nitrogens is 1. The molecule has 0 N–H and O–H groups in total. The number of ether oxygens (including phenoxy) is 1. The molecule has 0 aliphatic carbocycles. The maximum Gasteiger partial charge on any atom is 0.243 e. The molecule has 28 heavy (non-hydrogen) atoms. The monoisotopic (exact) mass is 421 g/mol. The highest BCUT2D eigenvalue weighted by Crippen LogP contribution is 2.29. The summed E-state index contributed by atoms with van der Waals surface area (Å²) in [5.74, 6) is 1.09. The Balaban J connectivity index is 1.42. The largest absolute Gasteiger partial charge is 0.495 e. The molecule has 1 aliphatic rings. The average Bonchev–Trinajstić information content (AvgIpc) is 3.10. The summed E-state index contributed by atoms with van der Waals surface area (Å²) in [5, 5.41) is 0.276. The Kier molecular flexibility index (Phi) is 5.29. The summed E-state index contributed by atoms with van der Waals surface area (Å²) in [5.41, 5.74) is 1.59. The van der Waals surface area contributed by atoms with Crippen molar-refractivity contribution in [2.24, 2.45) is 0 Å². The van der Waals surface area contributed by atoms with Gasteiger partial charge in [0, 0.05) is 26.2 Å². The number of rotatable bonds is 5. The van der Waals surface area contributed by atoms with Gasteiger partial charge in [0.1, 0.15) is 11.3 Å². The number of para-hydroxylation sites is 2. The Bertz CT molecular complexity index is 1060. The zero-order valence-electron chi connectivity index (χ0n) is 15.3. The second-order valence-electron chi connectivity index (χ2n) is 6.55. The van der Waals surface area contributed by atoms with E-state index >= 15 is 0 Å². The second kappa shape index (κ2) is 7.71. The third kappa shape index (κ3) is 3.73. The maximum atomic E-state index is 12.9. The molecule has 7 nitrogen and oxygen atoms in total. The van der Waals surface area contributed by atoms with Crippen LogP contribution in [-0.2, 0) is 16.6 Å². The predicted molar refractivity (Wildman–Crippen MR) is 106 cm³/mol. The molecule has 0 unspecified atom stereocenters. The van der Waals surface area contributed by atoms with E-state index in [1.165, 1.54) is 23.5 Å². The van der Waals surface area contributed by atoms with Crippen LogP contribution in [0.15, 0.2) is 51.8 Å². The minimum atomic E-state index is -3.60. The molecule has 0 bridgehead atoms. The second-order valence-corrected chi connectivity index (χ2v) is 8.90. The lowest BCUT2D eigenvalue weighted by Crippen LogP contribution is -2.48. The van der Waals surface area contributed by atoms with Gasteiger partial charge in [-0.1, -0.05) is 23.7 Å². The van der Waals surface area contributed by atoms with E-state index in [0.717, 1.165) is 11.1 Å². The number of hydrogen-bond donors (Lipinski definition) is 0. The van der Waals surface area contributed by atoms with E-state index in [2.05, 4.69) is 9.88 Å². The summed E-state index contributed by atoms with van der Waals surface area (Å²) in [6.45, 7) is 2.54. The smallest absolute Gasteiger partial charge is 0.243 e. The molecule has 0 radical (unpaired) electrons. The first kappa shape index (κ1) is 19.2. The minimum Gasteiger partial charge on any atom is -0.495 e. The fraction of sp³-hybridized carbons (Fsp3) is 0.316. The third-order valence-electron chi connectivity index (χ3n) is 4.79. The molecule has 1 fully saturated rings. The molecule has 9 heteroatoms. The highest BCUT2D eigenvalue weighted by Gasteiger charge is 2.29. The van der Waals surface area contributed by atoms with Gasteiger partial charge in [0.25, 0.3) is 0 Å². The fourth-order valence-corrected chi connectivity index (χ4v) is 5.03. The van der Waals surface area contributed by atoms with Crippen molar-refractivity contribution in [2.75, 3.05) is 33.3 Å². The van der Waals surface area contributed by atoms with Gasteiger partial charge in [-0.2, -0.15) is 4.31 Å². The average molecular weight is 422 g/mol. The molecule has 1 saturated heterocycles. The molecule has 0 atom stereocenters. The zero-order chi connectivity index (χ0) is 19.7. The van der Waals surface area contributed by atoms with Crippen LogP contribution in [0.5, 0.6) is 5.75 Å². The van der Waals surface area contributed by atoms with Crippen molar-refractivity contribution in [2.45, 2.75) is 11.4 Å². The van der Waals surface area contributed by atoms with Crippen LogP contribution in [0.1, 0.15) is 5.89 Å². The first-order chi connectivity index (χ1) is 13.5. The SMILES string of the molecule is COc1ccc(S(=O)(=O)N2CCN(Cc3nc4ccccc4o3)CC2)cc1Cl. The zero-order valence-corrected chi connectivity index (χ0v) is 16.9. The minimum absolute atomic E-state index is 0.172. The van der Waals surface area contributed by atoms with E-state index in [0.29, 0.717) is 44.4 Å². The van der Waals surface area contributed by atoms with E-state index in [1.54, 1.807) is 6.07 Å². The number of oxazole rings is 1. The topological polar surface area (TPSA) is 75.9 Å². The fourth-order valence-electron chi connectivity index (χ4n) is 3.26. The van der Waals surface area contributed by atoms with Crippen LogP contribution in [0.2, 0.25) is 5.02 Å². The van der Waals surface area contributed by atoms with E-state index in [4.69, 9.17) is 20.8 Å². The van der Waals surface area contributed by atoms with Gasteiger partial charge in [0.05, 0.1) is 23.6 Å². The molecular weight excluding hydrogens is 402 g/mol. The normalized spacial score (nSPS) is 16.5. The lowest BCUT2D eigenvalue weighted by Gasteiger charge is -2.33. The van der Waals surface area contributed by atoms with Crippen molar-refractivity contribution in [3.05, 3.63) is 53.4 Å². The molecule has 0 saturated carbocycles. The summed E-state index contributed by atoms with van der Waals surface area (Å²) in [7, 11) is -2.11. The van der Waals surface area contributed by atoms with Gasteiger partial charge < -0.3 is 9.15 Å². The van der Waals surface area contributed by atoms with Crippen molar-refractivity contribution in [1.82, 2.24) is 14.2 Å². The van der Waals surface area contributed by atoms with Crippen LogP contribution in [0, 0.1) is 0 Å². The Morgan fingerprint density at radius 2 is 1.89 bits per heavy atom. The summed E-state index contributed by atoms with van der Waals surface area (Å²) in [4.78, 5) is 6.79. The van der Waals surface area contributed by atoms with Gasteiger partial charge in [0.15, 0.2) is 5.58 Å². The van der Waals surface area contributed by atoms with Crippen molar-refractivity contribution in [3.63, 3.8) is 0 Å². The van der Waals surface area contributed by atoms with Crippen LogP contribution in [-0.4, -0.2) is 55.9 Å². The summed E-state index contributed by atoms with van der Waals surface area (Å²) in [6, 6.07) is 12.1. The molecule has 148 valence electrons. The number of halogens is 1. The Labute approximate surface area is 168 Å². The van der Waals surface area contributed by atoms with Crippen LogP contribution >= 0.6 is 11.6 Å². The molecule has 3 aromatic rings. The Morgan fingerprint density at radius 3 is 2.57 bits per heavy atom. The van der Waals surface area contributed by atoms with E-state index in [1.807, 2.05) is 24.3 Å². The van der Waals surface area contributed by atoms with Crippen LogP contribution in [0.3, 0.4) is 0 Å². The number of fused-ring (bicyclic) bond motifs is 1. The Morgan fingerprint density at radius 1 is 1.14 bits per heavy atom. The lowest BCUT2D eigenvalue weighted by molar-refractivity contribution is 0.169. The highest BCUT2D eigenvalue weighted by molar-refractivity contribution is 7.89. The van der Waals surface area contributed by atoms with Gasteiger partial charge in [-0.15, -0.1) is 0 Å². The molecule has 1 aliphatic heterocycles. The first-order valence-electron chi connectivity index (χ1n) is 8.88. The number of benzene rings is 2. The number of hydrogen-bond acceptors (Lipinski definition) is 6. The van der Waals surface area contributed by atoms with E-state index < -0.39 is 10.0 Å². The van der Waals surface area contributed by atoms with Crippen molar-refractivity contribution >= 4 is 32.7 Å². The Hall–Kier alpha value is -2.13. The number of methoxy groups -OCH3 is 1. The molecule has 2 aromatic carbocycles. The predicted octanol–water partition coefficient (Wildman–Crippen LogP) is 3.00. The molecule has 4 rings (SSSR count). The summed E-state index contributed by atoms with van der Waals surface area (Å²) < 4.78 is 38.1. The lowest BCUT2D eigenvalue weighted by atomic mass is 10.3. The number of piperazine rings is 1. The van der Waals surface area contributed by atoms with Crippen molar-refractivity contribution < 1.29 is 17.6 Å². The number of sulfonamides is 1. The first-order valence-corrected chi connectivity index (χ1v) is 10.7. The molecular formula is C19H20ClN3O4S. The van der Waals surface area contributed by atoms with Crippen molar-refractivity contribution in [1.29, 1.82) is 0 Å². The standard InChI is InChI=1S/C19H20ClN3O4S/c1-26-17-7-6-14(12-15(17)20)28(24,25)23-10-8-22(9-11-23)13-19-21-16-4-2-3-5-18(16)27-19/h2-7,12H,8-11,13H2,1H3. The quantitative estimate of drug-likeness (QED) is 0.630. The van der Waals surface area contributed by atoms with Gasteiger partial charge >= 0.3 is 0 Å². The van der Waals surface area contributed by atoms with Crippen LogP contribution in [0.4, 0.5) is 0 Å². The number of nitrogens with zero attached hydrogens (tertiary/aromatic N) is 3. The van der Waals surface area contributed by atoms with Crippen molar-refractivity contribution in [3.8, 4) is 5.75 Å².